The maximum Gasteiger partial charge on any atom is 0.253 e. The first-order valence-electron chi connectivity index (χ1n) is 6.74. The van der Waals surface area contributed by atoms with E-state index in [-0.39, 0.29) is 12.5 Å². The first-order valence-corrected chi connectivity index (χ1v) is 8.34. The monoisotopic (exact) mass is 348 g/mol. The van der Waals surface area contributed by atoms with Crippen molar-refractivity contribution in [1.82, 2.24) is 20.5 Å². The van der Waals surface area contributed by atoms with Crippen molar-refractivity contribution >= 4 is 29.3 Å². The van der Waals surface area contributed by atoms with Crippen LogP contribution >= 0.6 is 23.4 Å². The zero-order valence-electron chi connectivity index (χ0n) is 12.2. The predicted molar refractivity (Wildman–Crippen MR) is 88.5 cm³/mol. The number of nitrogens with one attached hydrogen (secondary N) is 2. The van der Waals surface area contributed by atoms with Gasteiger partial charge in [0.2, 0.25) is 5.82 Å². The lowest BCUT2D eigenvalue weighted by molar-refractivity contribution is 0.0950. The van der Waals surface area contributed by atoms with Crippen LogP contribution in [0.3, 0.4) is 0 Å². The molecule has 2 heterocycles. The number of aromatic nitrogens is 3. The molecule has 0 aliphatic carbocycles. The molecule has 0 aliphatic heterocycles. The molecule has 2 N–H and O–H groups in total. The number of halogens is 1. The van der Waals surface area contributed by atoms with Gasteiger partial charge >= 0.3 is 0 Å². The van der Waals surface area contributed by atoms with Gasteiger partial charge in [-0.2, -0.15) is 0 Å². The van der Waals surface area contributed by atoms with Crippen molar-refractivity contribution in [2.24, 2.45) is 0 Å². The van der Waals surface area contributed by atoms with Crippen molar-refractivity contribution in [3.05, 3.63) is 53.0 Å². The fourth-order valence-corrected chi connectivity index (χ4v) is 2.60. The van der Waals surface area contributed by atoms with Crippen LogP contribution < -0.4 is 5.32 Å². The summed E-state index contributed by atoms with van der Waals surface area (Å²) in [5.74, 6) is 1.28. The van der Waals surface area contributed by atoms with Gasteiger partial charge in [-0.15, -0.1) is 16.9 Å². The van der Waals surface area contributed by atoms with E-state index in [0.717, 1.165) is 4.90 Å². The summed E-state index contributed by atoms with van der Waals surface area (Å²) < 4.78 is 5.22. The van der Waals surface area contributed by atoms with Crippen LogP contribution in [0.2, 0.25) is 5.02 Å². The van der Waals surface area contributed by atoms with Gasteiger partial charge in [-0.1, -0.05) is 11.6 Å². The number of carbonyl (C=O) groups excluding carboxylic acids is 1. The van der Waals surface area contributed by atoms with E-state index in [1.807, 2.05) is 12.3 Å². The molecule has 0 atom stereocenters. The first-order chi connectivity index (χ1) is 11.2. The van der Waals surface area contributed by atoms with E-state index in [2.05, 4.69) is 20.5 Å². The minimum Gasteiger partial charge on any atom is -0.461 e. The van der Waals surface area contributed by atoms with E-state index in [0.29, 0.717) is 28.0 Å². The Labute approximate surface area is 141 Å². The van der Waals surface area contributed by atoms with Crippen molar-refractivity contribution in [1.29, 1.82) is 0 Å². The van der Waals surface area contributed by atoms with Crippen molar-refractivity contribution in [2.45, 2.75) is 11.4 Å². The van der Waals surface area contributed by atoms with Crippen LogP contribution in [0, 0.1) is 0 Å². The highest BCUT2D eigenvalue weighted by Crippen LogP contribution is 2.23. The number of rotatable bonds is 5. The lowest BCUT2D eigenvalue weighted by Crippen LogP contribution is -2.23. The summed E-state index contributed by atoms with van der Waals surface area (Å²) >= 11 is 7.63. The number of amides is 1. The van der Waals surface area contributed by atoms with E-state index in [1.165, 1.54) is 0 Å². The molecule has 0 saturated heterocycles. The zero-order valence-corrected chi connectivity index (χ0v) is 13.7. The number of furan rings is 1. The molecular weight excluding hydrogens is 336 g/mol. The number of thioether (sulfide) groups is 1. The van der Waals surface area contributed by atoms with Gasteiger partial charge in [-0.25, -0.2) is 4.98 Å². The highest BCUT2D eigenvalue weighted by molar-refractivity contribution is 7.98. The number of aromatic amines is 1. The van der Waals surface area contributed by atoms with Crippen LogP contribution in [0.5, 0.6) is 0 Å². The molecule has 118 valence electrons. The number of H-pyrrole nitrogens is 1. The van der Waals surface area contributed by atoms with Gasteiger partial charge in [0, 0.05) is 4.90 Å². The van der Waals surface area contributed by atoms with E-state index >= 15 is 0 Å². The normalized spacial score (nSPS) is 10.7. The standard InChI is InChI=1S/C15H13ClN4O2S/c1-23-9-4-5-11(16)10(7-9)15(21)17-8-13-18-14(20-19-13)12-3-2-6-22-12/h2-7H,8H2,1H3,(H,17,21)(H,18,19,20). The van der Waals surface area contributed by atoms with E-state index in [9.17, 15) is 4.79 Å². The summed E-state index contributed by atoms with van der Waals surface area (Å²) in [6.07, 6.45) is 3.49. The third-order valence-electron chi connectivity index (χ3n) is 3.11. The third kappa shape index (κ3) is 3.57. The van der Waals surface area contributed by atoms with Crippen LogP contribution in [-0.2, 0) is 6.54 Å². The SMILES string of the molecule is CSc1ccc(Cl)c(C(=O)NCc2nc(-c3ccco3)n[nH]2)c1. The van der Waals surface area contributed by atoms with Gasteiger partial charge < -0.3 is 9.73 Å². The Morgan fingerprint density at radius 3 is 3.04 bits per heavy atom. The number of carbonyl (C=O) groups is 1. The van der Waals surface area contributed by atoms with Gasteiger partial charge in [-0.3, -0.25) is 9.89 Å². The zero-order chi connectivity index (χ0) is 16.2. The van der Waals surface area contributed by atoms with Crippen LogP contribution in [0.25, 0.3) is 11.6 Å². The summed E-state index contributed by atoms with van der Waals surface area (Å²) in [5, 5.41) is 9.99. The summed E-state index contributed by atoms with van der Waals surface area (Å²) in [5.41, 5.74) is 0.435. The lowest BCUT2D eigenvalue weighted by Gasteiger charge is -2.06. The molecule has 2 aromatic heterocycles. The Hall–Kier alpha value is -2.25. The molecule has 0 spiro atoms. The van der Waals surface area contributed by atoms with Crippen molar-refractivity contribution < 1.29 is 9.21 Å². The summed E-state index contributed by atoms with van der Waals surface area (Å²) in [6, 6.07) is 8.87. The Morgan fingerprint density at radius 1 is 1.43 bits per heavy atom. The molecule has 0 radical (unpaired) electrons. The highest BCUT2D eigenvalue weighted by Gasteiger charge is 2.13. The lowest BCUT2D eigenvalue weighted by atomic mass is 10.2. The second-order valence-corrected chi connectivity index (χ2v) is 5.90. The van der Waals surface area contributed by atoms with Gasteiger partial charge in [0.15, 0.2) is 5.76 Å². The molecule has 0 unspecified atom stereocenters. The number of benzene rings is 1. The van der Waals surface area contributed by atoms with Crippen LogP contribution in [0.4, 0.5) is 0 Å². The summed E-state index contributed by atoms with van der Waals surface area (Å²) in [6.45, 7) is 0.215. The van der Waals surface area contributed by atoms with Crippen LogP contribution in [0.1, 0.15) is 16.2 Å². The minimum atomic E-state index is -0.262. The van der Waals surface area contributed by atoms with Gasteiger partial charge in [-0.05, 0) is 36.6 Å². The number of hydrogen-bond donors (Lipinski definition) is 2. The smallest absolute Gasteiger partial charge is 0.253 e. The third-order valence-corrected chi connectivity index (χ3v) is 4.16. The molecule has 0 aliphatic rings. The fourth-order valence-electron chi connectivity index (χ4n) is 1.95. The van der Waals surface area contributed by atoms with Gasteiger partial charge in [0.25, 0.3) is 5.91 Å². The molecule has 1 aromatic carbocycles. The molecule has 0 saturated carbocycles. The van der Waals surface area contributed by atoms with E-state index in [4.69, 9.17) is 16.0 Å². The second-order valence-electron chi connectivity index (χ2n) is 4.61. The van der Waals surface area contributed by atoms with Crippen molar-refractivity contribution in [3.8, 4) is 11.6 Å². The quantitative estimate of drug-likeness (QED) is 0.691. The molecule has 6 nitrogen and oxygen atoms in total. The highest BCUT2D eigenvalue weighted by atomic mass is 35.5. The average Bonchev–Trinajstić information content (AvgIpc) is 3.24. The fraction of sp³-hybridized carbons (Fsp3) is 0.133. The predicted octanol–water partition coefficient (Wildman–Crippen LogP) is 3.37. The topological polar surface area (TPSA) is 83.8 Å². The molecule has 0 fully saturated rings. The van der Waals surface area contributed by atoms with Crippen LogP contribution in [0.15, 0.2) is 45.9 Å². The minimum absolute atomic E-state index is 0.215. The summed E-state index contributed by atoms with van der Waals surface area (Å²) in [7, 11) is 0. The van der Waals surface area contributed by atoms with E-state index < -0.39 is 0 Å². The molecule has 8 heteroatoms. The second kappa shape index (κ2) is 6.89. The molecule has 1 amide bonds. The van der Waals surface area contributed by atoms with Gasteiger partial charge in [0.05, 0.1) is 23.4 Å². The Balaban J connectivity index is 1.67. The molecule has 0 bridgehead atoms. The molecule has 3 rings (SSSR count). The summed E-state index contributed by atoms with van der Waals surface area (Å²) in [4.78, 5) is 17.5. The first kappa shape index (κ1) is 15.6. The van der Waals surface area contributed by atoms with Crippen molar-refractivity contribution in [3.63, 3.8) is 0 Å². The number of nitrogens with zero attached hydrogens (tertiary/aromatic N) is 2. The largest absolute Gasteiger partial charge is 0.461 e. The number of hydrogen-bond acceptors (Lipinski definition) is 5. The molecular formula is C15H13ClN4O2S. The maximum atomic E-state index is 12.3. The Morgan fingerprint density at radius 2 is 2.30 bits per heavy atom. The Kier molecular flexibility index (Phi) is 4.68. The van der Waals surface area contributed by atoms with Crippen LogP contribution in [-0.4, -0.2) is 27.3 Å². The van der Waals surface area contributed by atoms with Crippen molar-refractivity contribution in [2.75, 3.05) is 6.26 Å². The Bertz CT molecular complexity index is 817. The maximum absolute atomic E-state index is 12.3. The van der Waals surface area contributed by atoms with E-state index in [1.54, 1.807) is 42.3 Å². The average molecular weight is 349 g/mol. The molecule has 23 heavy (non-hydrogen) atoms. The van der Waals surface area contributed by atoms with Gasteiger partial charge in [0.1, 0.15) is 5.82 Å². The molecule has 3 aromatic rings.